The minimum absolute atomic E-state index is 0.000428. The molecule has 0 radical (unpaired) electrons. The van der Waals surface area contributed by atoms with Gasteiger partial charge in [-0.15, -0.1) is 0 Å². The molecule has 1 unspecified atom stereocenters. The maximum absolute atomic E-state index is 12.4. The lowest BCUT2D eigenvalue weighted by molar-refractivity contribution is -0.127. The number of aromatic amines is 1. The molecule has 2 N–H and O–H groups in total. The molecule has 1 aliphatic heterocycles. The lowest BCUT2D eigenvalue weighted by Gasteiger charge is -2.32. The molecular formula is C23H30N4O4. The van der Waals surface area contributed by atoms with Gasteiger partial charge in [-0.05, 0) is 43.4 Å². The average molecular weight is 427 g/mol. The summed E-state index contributed by atoms with van der Waals surface area (Å²) >= 11 is 0. The largest absolute Gasteiger partial charge is 0.497 e. The minimum atomic E-state index is -0.00430. The van der Waals surface area contributed by atoms with E-state index in [9.17, 15) is 9.59 Å². The molecule has 8 nitrogen and oxygen atoms in total. The average Bonchev–Trinajstić information content (AvgIpc) is 3.33. The third-order valence-corrected chi connectivity index (χ3v) is 5.51. The van der Waals surface area contributed by atoms with Crippen molar-refractivity contribution in [3.05, 3.63) is 48.1 Å². The van der Waals surface area contributed by atoms with Gasteiger partial charge in [-0.2, -0.15) is 0 Å². The molecule has 0 spiro atoms. The number of carbonyl (C=O) groups is 2. The van der Waals surface area contributed by atoms with Crippen LogP contribution in [0.15, 0.2) is 36.8 Å². The van der Waals surface area contributed by atoms with E-state index in [1.165, 1.54) is 0 Å². The van der Waals surface area contributed by atoms with Crippen LogP contribution >= 0.6 is 0 Å². The second-order valence-corrected chi connectivity index (χ2v) is 7.63. The fourth-order valence-corrected chi connectivity index (χ4v) is 3.74. The molecule has 3 rings (SSSR count). The number of nitrogens with one attached hydrogen (secondary N) is 2. The Kier molecular flexibility index (Phi) is 8.09. The summed E-state index contributed by atoms with van der Waals surface area (Å²) in [4.78, 5) is 33.5. The van der Waals surface area contributed by atoms with Crippen LogP contribution in [0.2, 0.25) is 0 Å². The first-order valence-electron chi connectivity index (χ1n) is 10.5. The van der Waals surface area contributed by atoms with Crippen LogP contribution < -0.4 is 14.8 Å². The number of amides is 2. The quantitative estimate of drug-likeness (QED) is 0.601. The summed E-state index contributed by atoms with van der Waals surface area (Å²) in [6, 6.07) is 5.54. The van der Waals surface area contributed by atoms with Crippen molar-refractivity contribution < 1.29 is 19.1 Å². The number of carbonyl (C=O) groups excluding carboxylic acids is 2. The highest BCUT2D eigenvalue weighted by atomic mass is 16.5. The molecular weight excluding hydrogens is 396 g/mol. The van der Waals surface area contributed by atoms with E-state index < -0.39 is 0 Å². The second-order valence-electron chi connectivity index (χ2n) is 7.63. The van der Waals surface area contributed by atoms with Gasteiger partial charge in [0.1, 0.15) is 11.5 Å². The number of hydrogen-bond donors (Lipinski definition) is 2. The zero-order chi connectivity index (χ0) is 22.1. The number of nitrogens with zero attached hydrogens (tertiary/aromatic N) is 2. The van der Waals surface area contributed by atoms with Crippen molar-refractivity contribution in [1.29, 1.82) is 0 Å². The predicted molar refractivity (Wildman–Crippen MR) is 118 cm³/mol. The van der Waals surface area contributed by atoms with Crippen molar-refractivity contribution >= 4 is 17.9 Å². The number of methoxy groups -OCH3 is 2. The third kappa shape index (κ3) is 6.60. The van der Waals surface area contributed by atoms with Crippen LogP contribution in [0.3, 0.4) is 0 Å². The summed E-state index contributed by atoms with van der Waals surface area (Å²) in [7, 11) is 3.20. The Morgan fingerprint density at radius 3 is 2.94 bits per heavy atom. The smallest absolute Gasteiger partial charge is 0.246 e. The molecule has 0 bridgehead atoms. The van der Waals surface area contributed by atoms with Gasteiger partial charge in [-0.1, -0.05) is 0 Å². The molecule has 1 fully saturated rings. The van der Waals surface area contributed by atoms with Crippen LogP contribution in [-0.4, -0.2) is 54.0 Å². The van der Waals surface area contributed by atoms with E-state index in [-0.39, 0.29) is 11.8 Å². The van der Waals surface area contributed by atoms with E-state index in [1.807, 2.05) is 17.0 Å². The number of rotatable bonds is 9. The number of aromatic nitrogens is 2. The van der Waals surface area contributed by atoms with Crippen molar-refractivity contribution in [2.45, 2.75) is 32.2 Å². The summed E-state index contributed by atoms with van der Waals surface area (Å²) in [5, 5.41) is 2.96. The molecule has 1 aromatic carbocycles. The van der Waals surface area contributed by atoms with Crippen molar-refractivity contribution in [1.82, 2.24) is 20.2 Å². The Balaban J connectivity index is 1.43. The van der Waals surface area contributed by atoms with Crippen molar-refractivity contribution in [2.24, 2.45) is 5.92 Å². The van der Waals surface area contributed by atoms with Crippen LogP contribution in [0.1, 0.15) is 36.9 Å². The third-order valence-electron chi connectivity index (χ3n) is 5.51. The van der Waals surface area contributed by atoms with E-state index in [0.29, 0.717) is 36.9 Å². The second kappa shape index (κ2) is 11.2. The van der Waals surface area contributed by atoms with E-state index in [4.69, 9.17) is 9.47 Å². The van der Waals surface area contributed by atoms with Crippen LogP contribution in [-0.2, 0) is 16.1 Å². The number of piperidine rings is 1. The van der Waals surface area contributed by atoms with E-state index in [1.54, 1.807) is 45.0 Å². The molecule has 2 aromatic rings. The maximum Gasteiger partial charge on any atom is 0.246 e. The van der Waals surface area contributed by atoms with E-state index >= 15 is 0 Å². The monoisotopic (exact) mass is 426 g/mol. The molecule has 31 heavy (non-hydrogen) atoms. The first kappa shape index (κ1) is 22.4. The molecule has 8 heteroatoms. The normalized spacial score (nSPS) is 16.3. The van der Waals surface area contributed by atoms with Gasteiger partial charge < -0.3 is 24.7 Å². The molecule has 2 amide bonds. The van der Waals surface area contributed by atoms with Gasteiger partial charge in [-0.25, -0.2) is 4.98 Å². The molecule has 1 aliphatic rings. The van der Waals surface area contributed by atoms with Gasteiger partial charge in [0.25, 0.3) is 0 Å². The standard InChI is InChI=1S/C23H30N4O4/c1-30-20-8-6-18(21(12-20)31-2)13-25-22(28)9-5-17-4-3-11-27(15-17)23(29)10-7-19-14-24-16-26-19/h6-8,10,12,14,16-17H,3-5,9,11,13,15H2,1-2H3,(H,24,26)(H,25,28)/b10-7+. The van der Waals surface area contributed by atoms with Gasteiger partial charge in [0.2, 0.25) is 11.8 Å². The lowest BCUT2D eigenvalue weighted by Crippen LogP contribution is -2.39. The highest BCUT2D eigenvalue weighted by Gasteiger charge is 2.23. The number of hydrogen-bond acceptors (Lipinski definition) is 5. The zero-order valence-electron chi connectivity index (χ0n) is 18.1. The molecule has 166 valence electrons. The first-order valence-corrected chi connectivity index (χ1v) is 10.5. The Morgan fingerprint density at radius 1 is 1.32 bits per heavy atom. The summed E-state index contributed by atoms with van der Waals surface area (Å²) in [6.45, 7) is 1.84. The summed E-state index contributed by atoms with van der Waals surface area (Å²) in [5.74, 6) is 1.72. The fraction of sp³-hybridized carbons (Fsp3) is 0.435. The fourth-order valence-electron chi connectivity index (χ4n) is 3.74. The molecule has 1 atom stereocenters. The highest BCUT2D eigenvalue weighted by Crippen LogP contribution is 2.25. The van der Waals surface area contributed by atoms with Crippen molar-refractivity contribution in [2.75, 3.05) is 27.3 Å². The maximum atomic E-state index is 12.4. The van der Waals surface area contributed by atoms with Gasteiger partial charge in [0.05, 0.1) is 32.4 Å². The SMILES string of the molecule is COc1ccc(CNC(=O)CCC2CCCN(C(=O)/C=C/c3cnc[nH]3)C2)c(OC)c1. The van der Waals surface area contributed by atoms with Gasteiger partial charge >= 0.3 is 0 Å². The van der Waals surface area contributed by atoms with Crippen molar-refractivity contribution in [3.8, 4) is 11.5 Å². The molecule has 0 saturated carbocycles. The Bertz CT molecular complexity index is 895. The number of benzene rings is 1. The molecule has 2 heterocycles. The van der Waals surface area contributed by atoms with Gasteiger partial charge in [-0.3, -0.25) is 9.59 Å². The zero-order valence-corrected chi connectivity index (χ0v) is 18.1. The summed E-state index contributed by atoms with van der Waals surface area (Å²) in [5.41, 5.74) is 1.70. The summed E-state index contributed by atoms with van der Waals surface area (Å²) < 4.78 is 10.6. The van der Waals surface area contributed by atoms with Crippen LogP contribution in [0, 0.1) is 5.92 Å². The molecule has 1 aromatic heterocycles. The number of imidazole rings is 1. The lowest BCUT2D eigenvalue weighted by atomic mass is 9.93. The van der Waals surface area contributed by atoms with Crippen LogP contribution in [0.25, 0.3) is 6.08 Å². The Morgan fingerprint density at radius 2 is 2.19 bits per heavy atom. The Labute approximate surface area is 182 Å². The molecule has 1 saturated heterocycles. The van der Waals surface area contributed by atoms with E-state index in [2.05, 4.69) is 15.3 Å². The van der Waals surface area contributed by atoms with Crippen LogP contribution in [0.4, 0.5) is 0 Å². The number of H-pyrrole nitrogens is 1. The van der Waals surface area contributed by atoms with E-state index in [0.717, 1.165) is 37.1 Å². The topological polar surface area (TPSA) is 96.5 Å². The van der Waals surface area contributed by atoms with Gasteiger partial charge in [0.15, 0.2) is 0 Å². The van der Waals surface area contributed by atoms with Crippen LogP contribution in [0.5, 0.6) is 11.5 Å². The predicted octanol–water partition coefficient (Wildman–Crippen LogP) is 2.78. The minimum Gasteiger partial charge on any atom is -0.497 e. The highest BCUT2D eigenvalue weighted by molar-refractivity contribution is 5.91. The molecule has 0 aliphatic carbocycles. The van der Waals surface area contributed by atoms with Gasteiger partial charge in [0, 0.05) is 43.8 Å². The summed E-state index contributed by atoms with van der Waals surface area (Å²) in [6.07, 6.45) is 9.76. The number of ether oxygens (including phenoxy) is 2. The Hall–Kier alpha value is -3.29. The van der Waals surface area contributed by atoms with Crippen molar-refractivity contribution in [3.63, 3.8) is 0 Å². The number of likely N-dealkylation sites (tertiary alicyclic amines) is 1. The first-order chi connectivity index (χ1) is 15.1.